The topological polar surface area (TPSA) is 72.2 Å². The summed E-state index contributed by atoms with van der Waals surface area (Å²) < 4.78 is 2.46. The zero-order valence-corrected chi connectivity index (χ0v) is 12.0. The lowest BCUT2D eigenvalue weighted by Gasteiger charge is -2.26. The normalized spacial score (nSPS) is 16.4. The fourth-order valence-corrected chi connectivity index (χ4v) is 2.38. The van der Waals surface area contributed by atoms with Crippen LogP contribution < -0.4 is 16.6 Å². The smallest absolute Gasteiger partial charge is 0.314 e. The van der Waals surface area contributed by atoms with Crippen LogP contribution in [0, 0.1) is 0 Å². The molecule has 0 radical (unpaired) electrons. The number of aromatic nitrogens is 3. The molecule has 1 aliphatic rings. The third-order valence-electron chi connectivity index (χ3n) is 3.70. The van der Waals surface area contributed by atoms with Crippen LogP contribution in [0.2, 0.25) is 0 Å². The Kier molecular flexibility index (Phi) is 5.49. The van der Waals surface area contributed by atoms with E-state index in [1.165, 1.54) is 17.9 Å². The van der Waals surface area contributed by atoms with Crippen LogP contribution in [0.15, 0.2) is 15.8 Å². The van der Waals surface area contributed by atoms with Crippen molar-refractivity contribution in [1.82, 2.24) is 24.6 Å². The van der Waals surface area contributed by atoms with Crippen molar-refractivity contribution in [2.75, 3.05) is 32.7 Å². The highest BCUT2D eigenvalue weighted by molar-refractivity contribution is 4.73. The summed E-state index contributed by atoms with van der Waals surface area (Å²) in [6, 6.07) is 0. The number of hydrogen-bond acceptors (Lipinski definition) is 5. The van der Waals surface area contributed by atoms with Crippen LogP contribution in [0.5, 0.6) is 0 Å². The second-order valence-corrected chi connectivity index (χ2v) is 5.20. The van der Waals surface area contributed by atoms with Gasteiger partial charge in [0, 0.05) is 39.8 Å². The van der Waals surface area contributed by atoms with E-state index in [4.69, 9.17) is 0 Å². The maximum atomic E-state index is 11.7. The van der Waals surface area contributed by atoms with Gasteiger partial charge in [0.15, 0.2) is 0 Å². The lowest BCUT2D eigenvalue weighted by atomic mass is 10.2. The molecule has 0 aromatic carbocycles. The minimum atomic E-state index is -0.357. The van der Waals surface area contributed by atoms with Crippen LogP contribution in [0.4, 0.5) is 0 Å². The Hall–Kier alpha value is -1.47. The molecule has 0 saturated carbocycles. The standard InChI is InChI=1S/C13H23N5O2/c1-16-12(19)11-15-18(13(16)20)8-4-2-3-7-17-9-5-14-6-10-17/h11,14H,2-10H2,1H3. The van der Waals surface area contributed by atoms with E-state index >= 15 is 0 Å². The molecule has 1 saturated heterocycles. The van der Waals surface area contributed by atoms with Gasteiger partial charge in [0.2, 0.25) is 0 Å². The molecule has 1 aliphatic heterocycles. The van der Waals surface area contributed by atoms with Crippen LogP contribution in [0.25, 0.3) is 0 Å². The number of nitrogens with zero attached hydrogens (tertiary/aromatic N) is 4. The van der Waals surface area contributed by atoms with Crippen LogP contribution in [-0.2, 0) is 13.6 Å². The van der Waals surface area contributed by atoms with Gasteiger partial charge < -0.3 is 10.2 Å². The quantitative estimate of drug-likeness (QED) is 0.678. The van der Waals surface area contributed by atoms with E-state index in [-0.39, 0.29) is 11.2 Å². The number of nitrogens with one attached hydrogen (secondary N) is 1. The molecule has 0 amide bonds. The number of piperazine rings is 1. The van der Waals surface area contributed by atoms with Crippen LogP contribution in [0.3, 0.4) is 0 Å². The first-order valence-corrected chi connectivity index (χ1v) is 7.25. The van der Waals surface area contributed by atoms with Crippen molar-refractivity contribution in [3.8, 4) is 0 Å². The van der Waals surface area contributed by atoms with Crippen LogP contribution in [-0.4, -0.2) is 52.0 Å². The third-order valence-corrected chi connectivity index (χ3v) is 3.70. The first kappa shape index (κ1) is 14.9. The molecular weight excluding hydrogens is 258 g/mol. The predicted molar refractivity (Wildman–Crippen MR) is 76.9 cm³/mol. The number of hydrogen-bond donors (Lipinski definition) is 1. The highest BCUT2D eigenvalue weighted by Crippen LogP contribution is 2.01. The first-order chi connectivity index (χ1) is 9.68. The molecule has 1 aromatic rings. The Balaban J connectivity index is 1.69. The van der Waals surface area contributed by atoms with Crippen molar-refractivity contribution in [2.45, 2.75) is 25.8 Å². The lowest BCUT2D eigenvalue weighted by molar-refractivity contribution is 0.235. The maximum absolute atomic E-state index is 11.7. The summed E-state index contributed by atoms with van der Waals surface area (Å²) >= 11 is 0. The van der Waals surface area contributed by atoms with Gasteiger partial charge in [-0.2, -0.15) is 5.10 Å². The van der Waals surface area contributed by atoms with Crippen LogP contribution in [0.1, 0.15) is 19.3 Å². The predicted octanol–water partition coefficient (Wildman–Crippen LogP) is -0.982. The summed E-state index contributed by atoms with van der Waals surface area (Å²) in [7, 11) is 1.48. The molecular formula is C13H23N5O2. The Morgan fingerprint density at radius 1 is 1.15 bits per heavy atom. The molecule has 20 heavy (non-hydrogen) atoms. The monoisotopic (exact) mass is 281 g/mol. The van der Waals surface area contributed by atoms with Gasteiger partial charge in [-0.3, -0.25) is 9.36 Å². The van der Waals surface area contributed by atoms with Gasteiger partial charge in [-0.25, -0.2) is 9.48 Å². The van der Waals surface area contributed by atoms with Crippen molar-refractivity contribution in [1.29, 1.82) is 0 Å². The fourth-order valence-electron chi connectivity index (χ4n) is 2.38. The summed E-state index contributed by atoms with van der Waals surface area (Å²) in [6.07, 6.45) is 4.32. The number of rotatable bonds is 6. The summed E-state index contributed by atoms with van der Waals surface area (Å²) in [4.78, 5) is 25.4. The second kappa shape index (κ2) is 7.35. The van der Waals surface area contributed by atoms with E-state index in [0.29, 0.717) is 6.54 Å². The van der Waals surface area contributed by atoms with Gasteiger partial charge in [-0.1, -0.05) is 6.42 Å². The molecule has 2 heterocycles. The number of unbranched alkanes of at least 4 members (excludes halogenated alkanes) is 2. The Labute approximate surface area is 118 Å². The lowest BCUT2D eigenvalue weighted by Crippen LogP contribution is -2.43. The largest absolute Gasteiger partial charge is 0.347 e. The molecule has 7 heteroatoms. The molecule has 0 bridgehead atoms. The Bertz CT molecular complexity index is 530. The van der Waals surface area contributed by atoms with Crippen molar-refractivity contribution in [3.05, 3.63) is 27.0 Å². The molecule has 0 unspecified atom stereocenters. The molecule has 0 atom stereocenters. The third kappa shape index (κ3) is 4.01. The zero-order chi connectivity index (χ0) is 14.4. The molecule has 1 N–H and O–H groups in total. The van der Waals surface area contributed by atoms with Crippen molar-refractivity contribution >= 4 is 0 Å². The van der Waals surface area contributed by atoms with E-state index in [2.05, 4.69) is 15.3 Å². The van der Waals surface area contributed by atoms with Gasteiger partial charge in [0.05, 0.1) is 0 Å². The first-order valence-electron chi connectivity index (χ1n) is 7.25. The minimum absolute atomic E-state index is 0.334. The van der Waals surface area contributed by atoms with Gasteiger partial charge in [0.25, 0.3) is 5.56 Å². The molecule has 112 valence electrons. The molecule has 2 rings (SSSR count). The summed E-state index contributed by atoms with van der Waals surface area (Å²) in [6.45, 7) is 6.12. The van der Waals surface area contributed by atoms with E-state index in [1.807, 2.05) is 0 Å². The van der Waals surface area contributed by atoms with Gasteiger partial charge in [-0.05, 0) is 19.4 Å². The molecule has 1 aromatic heterocycles. The van der Waals surface area contributed by atoms with E-state index < -0.39 is 0 Å². The molecule has 1 fully saturated rings. The summed E-state index contributed by atoms with van der Waals surface area (Å²) in [5.74, 6) is 0. The van der Waals surface area contributed by atoms with E-state index in [9.17, 15) is 9.59 Å². The minimum Gasteiger partial charge on any atom is -0.314 e. The zero-order valence-electron chi connectivity index (χ0n) is 12.0. The SMILES string of the molecule is Cn1c(=O)cnn(CCCCCN2CCNCC2)c1=O. The average Bonchev–Trinajstić information content (AvgIpc) is 2.48. The van der Waals surface area contributed by atoms with E-state index in [1.54, 1.807) is 0 Å². The maximum Gasteiger partial charge on any atom is 0.347 e. The van der Waals surface area contributed by atoms with E-state index in [0.717, 1.165) is 56.6 Å². The molecule has 0 aliphatic carbocycles. The Morgan fingerprint density at radius 3 is 2.60 bits per heavy atom. The van der Waals surface area contributed by atoms with Gasteiger partial charge in [-0.15, -0.1) is 0 Å². The second-order valence-electron chi connectivity index (χ2n) is 5.20. The fraction of sp³-hybridized carbons (Fsp3) is 0.769. The molecule has 7 nitrogen and oxygen atoms in total. The Morgan fingerprint density at radius 2 is 1.85 bits per heavy atom. The number of aryl methyl sites for hydroxylation is 1. The van der Waals surface area contributed by atoms with Crippen LogP contribution >= 0.6 is 0 Å². The highest BCUT2D eigenvalue weighted by atomic mass is 16.2. The van der Waals surface area contributed by atoms with Gasteiger partial charge >= 0.3 is 5.69 Å². The molecule has 0 spiro atoms. The van der Waals surface area contributed by atoms with Crippen molar-refractivity contribution in [2.24, 2.45) is 7.05 Å². The highest BCUT2D eigenvalue weighted by Gasteiger charge is 2.08. The average molecular weight is 281 g/mol. The summed E-state index contributed by atoms with van der Waals surface area (Å²) in [5, 5.41) is 7.22. The summed E-state index contributed by atoms with van der Waals surface area (Å²) in [5.41, 5.74) is -0.690. The van der Waals surface area contributed by atoms with Crippen molar-refractivity contribution in [3.63, 3.8) is 0 Å². The van der Waals surface area contributed by atoms with Crippen molar-refractivity contribution < 1.29 is 0 Å². The van der Waals surface area contributed by atoms with Gasteiger partial charge in [0.1, 0.15) is 6.20 Å².